The van der Waals surface area contributed by atoms with Gasteiger partial charge in [-0.1, -0.05) is 12.1 Å². The summed E-state index contributed by atoms with van der Waals surface area (Å²) in [5.41, 5.74) is -1.63. The molecule has 138 valence electrons. The van der Waals surface area contributed by atoms with Gasteiger partial charge >= 0.3 is 12.3 Å². The standard InChI is InChI=1S/C18H22F3NO3/c1-17(2,3)25-16(24)22-10-5-4-9-14(22)15(23)12-7-6-8-13(11-12)18(19,20)21/h6-8,11,14H,4-5,9-10H2,1-3H3. The van der Waals surface area contributed by atoms with E-state index in [9.17, 15) is 22.8 Å². The number of nitrogens with zero attached hydrogens (tertiary/aromatic N) is 1. The van der Waals surface area contributed by atoms with Gasteiger partial charge in [0.1, 0.15) is 5.60 Å². The normalized spacial score (nSPS) is 18.8. The van der Waals surface area contributed by atoms with Crippen molar-refractivity contribution in [2.24, 2.45) is 0 Å². The van der Waals surface area contributed by atoms with Crippen molar-refractivity contribution >= 4 is 11.9 Å². The number of likely N-dealkylation sites (tertiary alicyclic amines) is 1. The monoisotopic (exact) mass is 357 g/mol. The van der Waals surface area contributed by atoms with E-state index in [1.807, 2.05) is 0 Å². The van der Waals surface area contributed by atoms with Crippen molar-refractivity contribution in [3.63, 3.8) is 0 Å². The molecule has 1 aromatic rings. The van der Waals surface area contributed by atoms with Crippen molar-refractivity contribution in [1.82, 2.24) is 4.90 Å². The van der Waals surface area contributed by atoms with E-state index in [0.717, 1.165) is 25.0 Å². The number of carbonyl (C=O) groups is 2. The topological polar surface area (TPSA) is 46.6 Å². The zero-order chi connectivity index (χ0) is 18.8. The summed E-state index contributed by atoms with van der Waals surface area (Å²) in [5.74, 6) is -0.489. The Labute approximate surface area is 144 Å². The van der Waals surface area contributed by atoms with E-state index in [0.29, 0.717) is 13.0 Å². The van der Waals surface area contributed by atoms with Crippen LogP contribution in [0.2, 0.25) is 0 Å². The molecular weight excluding hydrogens is 335 g/mol. The minimum Gasteiger partial charge on any atom is -0.444 e. The van der Waals surface area contributed by atoms with E-state index >= 15 is 0 Å². The van der Waals surface area contributed by atoms with Crippen LogP contribution in [0, 0.1) is 0 Å². The molecule has 0 aromatic heterocycles. The summed E-state index contributed by atoms with van der Waals surface area (Å²) < 4.78 is 43.9. The number of ketones is 1. The Bertz CT molecular complexity index is 650. The van der Waals surface area contributed by atoms with Gasteiger partial charge in [-0.3, -0.25) is 9.69 Å². The zero-order valence-electron chi connectivity index (χ0n) is 14.5. The maximum Gasteiger partial charge on any atom is 0.416 e. The Morgan fingerprint density at radius 1 is 1.16 bits per heavy atom. The van der Waals surface area contributed by atoms with E-state index in [-0.39, 0.29) is 5.56 Å². The van der Waals surface area contributed by atoms with Gasteiger partial charge in [-0.15, -0.1) is 0 Å². The molecule has 1 aliphatic rings. The molecule has 0 radical (unpaired) electrons. The molecule has 1 heterocycles. The van der Waals surface area contributed by atoms with Gasteiger partial charge in [-0.25, -0.2) is 4.79 Å². The average Bonchev–Trinajstić information content (AvgIpc) is 2.52. The number of alkyl halides is 3. The van der Waals surface area contributed by atoms with Crippen molar-refractivity contribution in [2.75, 3.05) is 6.54 Å². The highest BCUT2D eigenvalue weighted by Gasteiger charge is 2.36. The maximum absolute atomic E-state index is 12.9. The van der Waals surface area contributed by atoms with Gasteiger partial charge in [0, 0.05) is 12.1 Å². The van der Waals surface area contributed by atoms with Gasteiger partial charge in [-0.05, 0) is 52.2 Å². The molecule has 2 rings (SSSR count). The molecule has 1 atom stereocenters. The number of amides is 1. The second-order valence-electron chi connectivity index (χ2n) is 7.13. The summed E-state index contributed by atoms with van der Waals surface area (Å²) in [6.07, 6.45) is -3.26. The van der Waals surface area contributed by atoms with Crippen molar-refractivity contribution in [3.05, 3.63) is 35.4 Å². The predicted octanol–water partition coefficient (Wildman–Crippen LogP) is 4.68. The molecule has 0 saturated carbocycles. The zero-order valence-corrected chi connectivity index (χ0v) is 14.5. The van der Waals surface area contributed by atoms with Gasteiger partial charge < -0.3 is 4.74 Å². The van der Waals surface area contributed by atoms with Crippen molar-refractivity contribution in [2.45, 2.75) is 57.9 Å². The highest BCUT2D eigenvalue weighted by molar-refractivity contribution is 6.01. The fourth-order valence-corrected chi connectivity index (χ4v) is 2.78. The highest BCUT2D eigenvalue weighted by atomic mass is 19.4. The van der Waals surface area contributed by atoms with Crippen LogP contribution in [0.5, 0.6) is 0 Å². The summed E-state index contributed by atoms with van der Waals surface area (Å²) in [6.45, 7) is 5.51. The van der Waals surface area contributed by atoms with Gasteiger partial charge in [0.15, 0.2) is 5.78 Å². The second kappa shape index (κ2) is 7.06. The number of ether oxygens (including phenoxy) is 1. The quantitative estimate of drug-likeness (QED) is 0.722. The Hall–Kier alpha value is -2.05. The largest absolute Gasteiger partial charge is 0.444 e. The lowest BCUT2D eigenvalue weighted by molar-refractivity contribution is -0.137. The average molecular weight is 357 g/mol. The lowest BCUT2D eigenvalue weighted by Crippen LogP contribution is -2.49. The van der Waals surface area contributed by atoms with Crippen LogP contribution in [-0.2, 0) is 10.9 Å². The SMILES string of the molecule is CC(C)(C)OC(=O)N1CCCCC1C(=O)c1cccc(C(F)(F)F)c1. The Morgan fingerprint density at radius 3 is 2.44 bits per heavy atom. The van der Waals surface area contributed by atoms with Crippen LogP contribution < -0.4 is 0 Å². The smallest absolute Gasteiger partial charge is 0.416 e. The minimum absolute atomic E-state index is 0.0460. The van der Waals surface area contributed by atoms with Crippen molar-refractivity contribution < 1.29 is 27.5 Å². The molecule has 1 saturated heterocycles. The predicted molar refractivity (Wildman–Crippen MR) is 86.4 cm³/mol. The van der Waals surface area contributed by atoms with E-state index in [1.54, 1.807) is 20.8 Å². The number of piperidine rings is 1. The van der Waals surface area contributed by atoms with Crippen LogP contribution in [0.1, 0.15) is 56.0 Å². The number of halogens is 3. The van der Waals surface area contributed by atoms with Crippen LogP contribution in [0.25, 0.3) is 0 Å². The van der Waals surface area contributed by atoms with Crippen molar-refractivity contribution in [3.8, 4) is 0 Å². The molecule has 0 spiro atoms. The molecule has 1 fully saturated rings. The van der Waals surface area contributed by atoms with E-state index in [1.165, 1.54) is 17.0 Å². The Balaban J connectivity index is 2.25. The van der Waals surface area contributed by atoms with Crippen LogP contribution in [0.15, 0.2) is 24.3 Å². The highest BCUT2D eigenvalue weighted by Crippen LogP contribution is 2.31. The Morgan fingerprint density at radius 2 is 1.84 bits per heavy atom. The molecule has 1 aliphatic heterocycles. The summed E-state index contributed by atoms with van der Waals surface area (Å²) >= 11 is 0. The number of Topliss-reactive ketones (excluding diaryl/α,β-unsaturated/α-hetero) is 1. The van der Waals surface area contributed by atoms with Crippen LogP contribution in [0.3, 0.4) is 0 Å². The Kier molecular flexibility index (Phi) is 5.44. The van der Waals surface area contributed by atoms with E-state index in [4.69, 9.17) is 4.74 Å². The molecule has 25 heavy (non-hydrogen) atoms. The molecule has 0 aliphatic carbocycles. The third kappa shape index (κ3) is 4.96. The molecule has 1 aromatic carbocycles. The van der Waals surface area contributed by atoms with Crippen LogP contribution in [-0.4, -0.2) is 35.0 Å². The number of benzene rings is 1. The molecule has 0 bridgehead atoms. The maximum atomic E-state index is 12.9. The molecule has 7 heteroatoms. The first-order chi connectivity index (χ1) is 11.5. The van der Waals surface area contributed by atoms with Gasteiger partial charge in [0.05, 0.1) is 11.6 Å². The number of rotatable bonds is 2. The van der Waals surface area contributed by atoms with Crippen LogP contribution in [0.4, 0.5) is 18.0 Å². The second-order valence-corrected chi connectivity index (χ2v) is 7.13. The summed E-state index contributed by atoms with van der Waals surface area (Å²) in [6, 6.07) is 3.51. The fourth-order valence-electron chi connectivity index (χ4n) is 2.78. The summed E-state index contributed by atoms with van der Waals surface area (Å²) in [4.78, 5) is 26.4. The molecule has 0 N–H and O–H groups in total. The lowest BCUT2D eigenvalue weighted by atomic mass is 9.94. The van der Waals surface area contributed by atoms with Gasteiger partial charge in [-0.2, -0.15) is 13.2 Å². The van der Waals surface area contributed by atoms with Gasteiger partial charge in [0.25, 0.3) is 0 Å². The number of hydrogen-bond donors (Lipinski definition) is 0. The number of carbonyl (C=O) groups excluding carboxylic acids is 2. The fraction of sp³-hybridized carbons (Fsp3) is 0.556. The lowest BCUT2D eigenvalue weighted by Gasteiger charge is -2.36. The third-order valence-corrected chi connectivity index (χ3v) is 3.91. The third-order valence-electron chi connectivity index (χ3n) is 3.91. The minimum atomic E-state index is -4.52. The first kappa shape index (κ1) is 19.3. The van der Waals surface area contributed by atoms with Crippen molar-refractivity contribution in [1.29, 1.82) is 0 Å². The first-order valence-electron chi connectivity index (χ1n) is 8.20. The summed E-state index contributed by atoms with van der Waals surface area (Å²) in [7, 11) is 0. The molecule has 1 unspecified atom stereocenters. The first-order valence-corrected chi connectivity index (χ1v) is 8.20. The van der Waals surface area contributed by atoms with Crippen LogP contribution >= 0.6 is 0 Å². The van der Waals surface area contributed by atoms with E-state index < -0.39 is 35.3 Å². The summed E-state index contributed by atoms with van der Waals surface area (Å²) in [5, 5.41) is 0. The number of hydrogen-bond acceptors (Lipinski definition) is 3. The molecule has 1 amide bonds. The molecular formula is C18H22F3NO3. The molecule has 4 nitrogen and oxygen atoms in total. The van der Waals surface area contributed by atoms with Gasteiger partial charge in [0.2, 0.25) is 0 Å². The van der Waals surface area contributed by atoms with E-state index in [2.05, 4.69) is 0 Å².